The number of hydrogen-bond donors (Lipinski definition) is 2. The van der Waals surface area contributed by atoms with E-state index in [1.54, 1.807) is 0 Å². The van der Waals surface area contributed by atoms with Crippen molar-refractivity contribution in [2.45, 2.75) is 11.8 Å². The molecular formula is C21H16ClN3S. The van der Waals surface area contributed by atoms with Crippen molar-refractivity contribution >= 4 is 48.9 Å². The van der Waals surface area contributed by atoms with Crippen LogP contribution in [0, 0.1) is 0 Å². The fraction of sp³-hybridized carbons (Fsp3) is 0.0952. The summed E-state index contributed by atoms with van der Waals surface area (Å²) in [5.74, 6) is 0.811. The van der Waals surface area contributed by atoms with E-state index in [0.29, 0.717) is 0 Å². The predicted octanol–water partition coefficient (Wildman–Crippen LogP) is 5.22. The first-order chi connectivity index (χ1) is 12.8. The molecule has 2 atom stereocenters. The zero-order valence-corrected chi connectivity index (χ0v) is 15.4. The Morgan fingerprint density at radius 2 is 1.62 bits per heavy atom. The quantitative estimate of drug-likeness (QED) is 0.371. The first kappa shape index (κ1) is 15.8. The van der Waals surface area contributed by atoms with E-state index in [1.807, 2.05) is 41.7 Å². The van der Waals surface area contributed by atoms with Gasteiger partial charge in [0, 0.05) is 25.7 Å². The van der Waals surface area contributed by atoms with Crippen molar-refractivity contribution in [1.29, 1.82) is 0 Å². The molecule has 26 heavy (non-hydrogen) atoms. The molecule has 4 aromatic rings. The fourth-order valence-electron chi connectivity index (χ4n) is 3.34. The molecule has 0 saturated carbocycles. The molecule has 0 amide bonds. The number of thiophene rings is 1. The van der Waals surface area contributed by atoms with Crippen LogP contribution in [0.3, 0.4) is 0 Å². The van der Waals surface area contributed by atoms with Crippen LogP contribution in [0.4, 0.5) is 0 Å². The standard InChI is InChI=1S/C21H16ClN3S/c22-21-24-19(13-6-2-1-3-7-13)23-20(25-21)14-10-11-16-15-8-4-5-9-17(15)26-18(16)12-14/h1-12,20-21,25H,(H,23,24). The summed E-state index contributed by atoms with van der Waals surface area (Å²) in [6.45, 7) is 0. The molecule has 1 aliphatic heterocycles. The van der Waals surface area contributed by atoms with Gasteiger partial charge in [-0.1, -0.05) is 72.3 Å². The molecule has 3 aromatic carbocycles. The Hall–Kier alpha value is -2.40. The van der Waals surface area contributed by atoms with Gasteiger partial charge in [0.15, 0.2) is 5.62 Å². The molecular weight excluding hydrogens is 362 g/mol. The lowest BCUT2D eigenvalue weighted by Gasteiger charge is -2.28. The summed E-state index contributed by atoms with van der Waals surface area (Å²) in [6.07, 6.45) is -0.177. The Bertz CT molecular complexity index is 1120. The van der Waals surface area contributed by atoms with E-state index in [-0.39, 0.29) is 11.8 Å². The van der Waals surface area contributed by atoms with Crippen LogP contribution in [0.2, 0.25) is 0 Å². The maximum absolute atomic E-state index is 6.39. The summed E-state index contributed by atoms with van der Waals surface area (Å²) >= 11 is 8.20. The first-order valence-corrected chi connectivity index (χ1v) is 9.74. The maximum Gasteiger partial charge on any atom is 0.158 e. The minimum Gasteiger partial charge on any atom is -0.342 e. The van der Waals surface area contributed by atoms with Gasteiger partial charge in [0.1, 0.15) is 12.0 Å². The van der Waals surface area contributed by atoms with Gasteiger partial charge >= 0.3 is 0 Å². The van der Waals surface area contributed by atoms with Crippen molar-refractivity contribution < 1.29 is 0 Å². The molecule has 2 N–H and O–H groups in total. The molecule has 2 unspecified atom stereocenters. The molecule has 5 rings (SSSR count). The number of nitrogens with one attached hydrogen (secondary N) is 2. The number of halogens is 1. The van der Waals surface area contributed by atoms with Crippen LogP contribution in [0.5, 0.6) is 0 Å². The van der Waals surface area contributed by atoms with Crippen molar-refractivity contribution in [2.75, 3.05) is 0 Å². The van der Waals surface area contributed by atoms with Gasteiger partial charge in [-0.2, -0.15) is 0 Å². The van der Waals surface area contributed by atoms with Gasteiger partial charge < -0.3 is 5.32 Å². The van der Waals surface area contributed by atoms with Crippen LogP contribution in [-0.2, 0) is 0 Å². The monoisotopic (exact) mass is 377 g/mol. The smallest absolute Gasteiger partial charge is 0.158 e. The summed E-state index contributed by atoms with van der Waals surface area (Å²) < 4.78 is 2.58. The van der Waals surface area contributed by atoms with E-state index >= 15 is 0 Å². The molecule has 0 bridgehead atoms. The van der Waals surface area contributed by atoms with Gasteiger partial charge in [0.25, 0.3) is 0 Å². The molecule has 3 nitrogen and oxygen atoms in total. The highest BCUT2D eigenvalue weighted by Crippen LogP contribution is 2.35. The van der Waals surface area contributed by atoms with E-state index < -0.39 is 0 Å². The summed E-state index contributed by atoms with van der Waals surface area (Å²) in [6, 6.07) is 25.1. The van der Waals surface area contributed by atoms with Crippen molar-refractivity contribution in [2.24, 2.45) is 4.99 Å². The third-order valence-corrected chi connectivity index (χ3v) is 5.96. The van der Waals surface area contributed by atoms with Crippen LogP contribution in [0.15, 0.2) is 77.8 Å². The molecule has 2 heterocycles. The highest BCUT2D eigenvalue weighted by molar-refractivity contribution is 7.25. The zero-order valence-electron chi connectivity index (χ0n) is 13.8. The van der Waals surface area contributed by atoms with Crippen LogP contribution >= 0.6 is 22.9 Å². The Kier molecular flexibility index (Phi) is 3.89. The molecule has 0 fully saturated rings. The average molecular weight is 378 g/mol. The van der Waals surface area contributed by atoms with E-state index in [4.69, 9.17) is 16.6 Å². The van der Waals surface area contributed by atoms with Crippen LogP contribution in [0.1, 0.15) is 17.3 Å². The number of aliphatic imine (C=N–C) groups is 1. The van der Waals surface area contributed by atoms with Gasteiger partial charge in [-0.3, -0.25) is 5.32 Å². The molecule has 0 radical (unpaired) electrons. The Morgan fingerprint density at radius 3 is 2.50 bits per heavy atom. The highest BCUT2D eigenvalue weighted by atomic mass is 35.5. The van der Waals surface area contributed by atoms with Gasteiger partial charge in [-0.25, -0.2) is 4.99 Å². The average Bonchev–Trinajstić information content (AvgIpc) is 3.06. The summed E-state index contributed by atoms with van der Waals surface area (Å²) in [5.41, 5.74) is 1.78. The van der Waals surface area contributed by atoms with E-state index in [2.05, 4.69) is 53.1 Å². The fourth-order valence-corrected chi connectivity index (χ4v) is 4.72. The number of amidine groups is 1. The minimum atomic E-state index is -0.370. The normalized spacial score (nSPS) is 20.1. The van der Waals surface area contributed by atoms with Crippen molar-refractivity contribution in [3.63, 3.8) is 0 Å². The molecule has 0 saturated heterocycles. The van der Waals surface area contributed by atoms with Gasteiger partial charge in [0.2, 0.25) is 0 Å². The van der Waals surface area contributed by atoms with Crippen molar-refractivity contribution in [1.82, 2.24) is 10.6 Å². The first-order valence-electron chi connectivity index (χ1n) is 8.49. The molecule has 0 aliphatic carbocycles. The minimum absolute atomic E-state index is 0.177. The number of alkyl halides is 1. The Labute approximate surface area is 160 Å². The third kappa shape index (κ3) is 2.76. The molecule has 0 spiro atoms. The number of nitrogens with zero attached hydrogens (tertiary/aromatic N) is 1. The predicted molar refractivity (Wildman–Crippen MR) is 111 cm³/mol. The third-order valence-electron chi connectivity index (χ3n) is 4.59. The van der Waals surface area contributed by atoms with Crippen molar-refractivity contribution in [3.05, 3.63) is 83.9 Å². The van der Waals surface area contributed by atoms with E-state index in [0.717, 1.165) is 17.0 Å². The Morgan fingerprint density at radius 1 is 0.846 bits per heavy atom. The molecule has 1 aliphatic rings. The second-order valence-corrected chi connectivity index (χ2v) is 7.79. The van der Waals surface area contributed by atoms with Gasteiger partial charge in [-0.05, 0) is 17.7 Å². The van der Waals surface area contributed by atoms with Crippen LogP contribution in [-0.4, -0.2) is 11.5 Å². The summed E-state index contributed by atoms with van der Waals surface area (Å²) in [4.78, 5) is 4.85. The second kappa shape index (κ2) is 6.40. The summed E-state index contributed by atoms with van der Waals surface area (Å²) in [7, 11) is 0. The maximum atomic E-state index is 6.39. The largest absolute Gasteiger partial charge is 0.342 e. The zero-order chi connectivity index (χ0) is 17.5. The van der Waals surface area contributed by atoms with Gasteiger partial charge in [-0.15, -0.1) is 11.3 Å². The summed E-state index contributed by atoms with van der Waals surface area (Å²) in [5, 5.41) is 9.10. The lowest BCUT2D eigenvalue weighted by Crippen LogP contribution is -2.47. The van der Waals surface area contributed by atoms with Crippen LogP contribution < -0.4 is 10.6 Å². The van der Waals surface area contributed by atoms with Crippen molar-refractivity contribution in [3.8, 4) is 0 Å². The number of hydrogen-bond acceptors (Lipinski definition) is 4. The SMILES string of the molecule is ClC1NC(c2ccccc2)=NC(c2ccc3c(c2)sc2ccccc23)N1. The number of fused-ring (bicyclic) bond motifs is 3. The highest BCUT2D eigenvalue weighted by Gasteiger charge is 2.23. The van der Waals surface area contributed by atoms with E-state index in [1.165, 1.54) is 20.2 Å². The topological polar surface area (TPSA) is 36.4 Å². The van der Waals surface area contributed by atoms with E-state index in [9.17, 15) is 0 Å². The molecule has 5 heteroatoms. The molecule has 128 valence electrons. The number of rotatable bonds is 2. The lowest BCUT2D eigenvalue weighted by molar-refractivity contribution is 0.483. The number of benzene rings is 3. The lowest BCUT2D eigenvalue weighted by atomic mass is 10.1. The molecule has 1 aromatic heterocycles. The Balaban J connectivity index is 1.58. The second-order valence-electron chi connectivity index (χ2n) is 6.27. The van der Waals surface area contributed by atoms with Crippen LogP contribution in [0.25, 0.3) is 20.2 Å². The van der Waals surface area contributed by atoms with Gasteiger partial charge in [0.05, 0.1) is 0 Å².